The fourth-order valence-electron chi connectivity index (χ4n) is 2.25. The average Bonchev–Trinajstić information content (AvgIpc) is 2.56. The minimum absolute atomic E-state index is 0.234. The largest absolute Gasteiger partial charge is 0.415 e. The summed E-state index contributed by atoms with van der Waals surface area (Å²) < 4.78 is 5.28. The molecule has 0 spiro atoms. The van der Waals surface area contributed by atoms with Gasteiger partial charge in [0.05, 0.1) is 0 Å². The fraction of sp³-hybridized carbons (Fsp3) is 0.417. The van der Waals surface area contributed by atoms with Crippen molar-refractivity contribution >= 4 is 6.09 Å². The summed E-state index contributed by atoms with van der Waals surface area (Å²) in [7, 11) is 0. The van der Waals surface area contributed by atoms with E-state index in [-0.39, 0.29) is 6.09 Å². The van der Waals surface area contributed by atoms with Crippen LogP contribution in [0.1, 0.15) is 0 Å². The van der Waals surface area contributed by atoms with Gasteiger partial charge in [-0.2, -0.15) is 0 Å². The standard InChI is InChI=1S/C12H14N2O2/c15-12(16-10-4-2-1-3-5-10)14-7-9-6-13-11(9)8-14/h1-5,9,11,13H,6-8H2. The van der Waals surface area contributed by atoms with Crippen LogP contribution in [0.4, 0.5) is 4.79 Å². The predicted molar refractivity (Wildman–Crippen MR) is 59.3 cm³/mol. The number of carbonyl (C=O) groups excluding carboxylic acids is 1. The van der Waals surface area contributed by atoms with E-state index in [9.17, 15) is 4.79 Å². The van der Waals surface area contributed by atoms with Crippen LogP contribution >= 0.6 is 0 Å². The molecular weight excluding hydrogens is 204 g/mol. The highest BCUT2D eigenvalue weighted by molar-refractivity contribution is 5.71. The Morgan fingerprint density at radius 2 is 2.12 bits per heavy atom. The van der Waals surface area contributed by atoms with E-state index in [0.29, 0.717) is 17.7 Å². The number of amides is 1. The Hall–Kier alpha value is -1.55. The van der Waals surface area contributed by atoms with Crippen LogP contribution in [0.15, 0.2) is 30.3 Å². The first-order valence-electron chi connectivity index (χ1n) is 5.58. The molecule has 84 valence electrons. The van der Waals surface area contributed by atoms with Gasteiger partial charge in [-0.25, -0.2) is 4.79 Å². The average molecular weight is 218 g/mol. The molecule has 2 heterocycles. The van der Waals surface area contributed by atoms with Crippen LogP contribution in [-0.2, 0) is 0 Å². The maximum absolute atomic E-state index is 11.8. The number of ether oxygens (including phenoxy) is 1. The first-order valence-corrected chi connectivity index (χ1v) is 5.58. The van der Waals surface area contributed by atoms with E-state index in [0.717, 1.165) is 19.6 Å². The van der Waals surface area contributed by atoms with E-state index in [1.165, 1.54) is 0 Å². The zero-order chi connectivity index (χ0) is 11.0. The molecule has 16 heavy (non-hydrogen) atoms. The number of fused-ring (bicyclic) bond motifs is 1. The summed E-state index contributed by atoms with van der Waals surface area (Å²) in [6.45, 7) is 2.62. The van der Waals surface area contributed by atoms with Gasteiger partial charge in [0.1, 0.15) is 5.75 Å². The lowest BCUT2D eigenvalue weighted by molar-refractivity contribution is 0.162. The Balaban J connectivity index is 1.61. The van der Waals surface area contributed by atoms with Gasteiger partial charge in [-0.3, -0.25) is 0 Å². The first-order chi connectivity index (χ1) is 7.83. The Bertz CT molecular complexity index is 381. The lowest BCUT2D eigenvalue weighted by Crippen LogP contribution is -2.51. The summed E-state index contributed by atoms with van der Waals surface area (Å²) in [5.41, 5.74) is 0. The highest BCUT2D eigenvalue weighted by Gasteiger charge is 2.41. The van der Waals surface area contributed by atoms with Crippen molar-refractivity contribution in [1.82, 2.24) is 10.2 Å². The number of para-hydroxylation sites is 1. The van der Waals surface area contributed by atoms with Gasteiger partial charge in [-0.05, 0) is 12.1 Å². The second-order valence-electron chi connectivity index (χ2n) is 4.36. The highest BCUT2D eigenvalue weighted by atomic mass is 16.6. The molecule has 1 aromatic rings. The number of nitrogens with zero attached hydrogens (tertiary/aromatic N) is 1. The van der Waals surface area contributed by atoms with Gasteiger partial charge in [-0.1, -0.05) is 18.2 Å². The molecule has 1 N–H and O–H groups in total. The SMILES string of the molecule is O=C(Oc1ccccc1)N1CC2CNC2C1. The quantitative estimate of drug-likeness (QED) is 0.767. The second-order valence-corrected chi connectivity index (χ2v) is 4.36. The van der Waals surface area contributed by atoms with Crippen LogP contribution in [-0.4, -0.2) is 36.7 Å². The van der Waals surface area contributed by atoms with E-state index in [1.807, 2.05) is 18.2 Å². The second kappa shape index (κ2) is 3.79. The van der Waals surface area contributed by atoms with Crippen molar-refractivity contribution in [2.45, 2.75) is 6.04 Å². The van der Waals surface area contributed by atoms with E-state index >= 15 is 0 Å². The zero-order valence-corrected chi connectivity index (χ0v) is 8.93. The van der Waals surface area contributed by atoms with Gasteiger partial charge in [0, 0.05) is 31.6 Å². The van der Waals surface area contributed by atoms with Crippen molar-refractivity contribution in [3.05, 3.63) is 30.3 Å². The van der Waals surface area contributed by atoms with Crippen LogP contribution in [0.3, 0.4) is 0 Å². The number of hydrogen-bond acceptors (Lipinski definition) is 3. The maximum atomic E-state index is 11.8. The summed E-state index contributed by atoms with van der Waals surface area (Å²) in [6.07, 6.45) is -0.234. The lowest BCUT2D eigenvalue weighted by atomic mass is 9.96. The number of nitrogens with one attached hydrogen (secondary N) is 1. The number of benzene rings is 1. The van der Waals surface area contributed by atoms with Gasteiger partial charge in [0.15, 0.2) is 0 Å². The Labute approximate surface area is 94.2 Å². The summed E-state index contributed by atoms with van der Waals surface area (Å²) in [5.74, 6) is 1.24. The first kappa shape index (κ1) is 9.66. The van der Waals surface area contributed by atoms with Gasteiger partial charge in [-0.15, -0.1) is 0 Å². The Morgan fingerprint density at radius 1 is 1.31 bits per heavy atom. The minimum atomic E-state index is -0.234. The molecule has 1 aromatic carbocycles. The molecule has 0 bridgehead atoms. The van der Waals surface area contributed by atoms with E-state index < -0.39 is 0 Å². The highest BCUT2D eigenvalue weighted by Crippen LogP contribution is 2.24. The van der Waals surface area contributed by atoms with E-state index in [2.05, 4.69) is 5.32 Å². The summed E-state index contributed by atoms with van der Waals surface area (Å²) in [5, 5.41) is 3.31. The summed E-state index contributed by atoms with van der Waals surface area (Å²) >= 11 is 0. The van der Waals surface area contributed by atoms with Gasteiger partial charge >= 0.3 is 6.09 Å². The molecule has 0 aromatic heterocycles. The Kier molecular flexibility index (Phi) is 2.29. The molecule has 1 amide bonds. The third-order valence-electron chi connectivity index (χ3n) is 3.29. The van der Waals surface area contributed by atoms with Crippen LogP contribution in [0.2, 0.25) is 0 Å². The molecule has 2 aliphatic rings. The van der Waals surface area contributed by atoms with Crippen LogP contribution < -0.4 is 10.1 Å². The van der Waals surface area contributed by atoms with Crippen molar-refractivity contribution < 1.29 is 9.53 Å². The van der Waals surface area contributed by atoms with Crippen LogP contribution in [0.5, 0.6) is 5.75 Å². The van der Waals surface area contributed by atoms with Crippen molar-refractivity contribution in [3.8, 4) is 5.75 Å². The van der Waals surface area contributed by atoms with E-state index in [1.54, 1.807) is 17.0 Å². The number of hydrogen-bond donors (Lipinski definition) is 1. The molecule has 0 saturated carbocycles. The Morgan fingerprint density at radius 3 is 2.69 bits per heavy atom. The molecule has 2 aliphatic heterocycles. The lowest BCUT2D eigenvalue weighted by Gasteiger charge is -2.29. The topological polar surface area (TPSA) is 41.6 Å². The van der Waals surface area contributed by atoms with Crippen LogP contribution in [0.25, 0.3) is 0 Å². The number of likely N-dealkylation sites (tertiary alicyclic amines) is 1. The van der Waals surface area contributed by atoms with Crippen molar-refractivity contribution in [2.75, 3.05) is 19.6 Å². The van der Waals surface area contributed by atoms with Crippen molar-refractivity contribution in [3.63, 3.8) is 0 Å². The zero-order valence-electron chi connectivity index (χ0n) is 8.93. The van der Waals surface area contributed by atoms with Gasteiger partial charge in [0.25, 0.3) is 0 Å². The van der Waals surface area contributed by atoms with Gasteiger partial charge in [0.2, 0.25) is 0 Å². The summed E-state index contributed by atoms with van der Waals surface area (Å²) in [4.78, 5) is 13.6. The predicted octanol–water partition coefficient (Wildman–Crippen LogP) is 1.09. The smallest absolute Gasteiger partial charge is 0.410 e. The van der Waals surface area contributed by atoms with Crippen LogP contribution in [0, 0.1) is 5.92 Å². The van der Waals surface area contributed by atoms with Crippen molar-refractivity contribution in [1.29, 1.82) is 0 Å². The molecule has 2 fully saturated rings. The third kappa shape index (κ3) is 1.65. The molecule has 4 heteroatoms. The van der Waals surface area contributed by atoms with Gasteiger partial charge < -0.3 is 15.0 Å². The molecule has 0 aliphatic carbocycles. The maximum Gasteiger partial charge on any atom is 0.415 e. The molecular formula is C12H14N2O2. The molecule has 2 atom stereocenters. The van der Waals surface area contributed by atoms with E-state index in [4.69, 9.17) is 4.74 Å². The molecule has 4 nitrogen and oxygen atoms in total. The number of carbonyl (C=O) groups is 1. The van der Waals surface area contributed by atoms with Crippen molar-refractivity contribution in [2.24, 2.45) is 5.92 Å². The number of rotatable bonds is 1. The molecule has 2 unspecified atom stereocenters. The third-order valence-corrected chi connectivity index (χ3v) is 3.29. The fourth-order valence-corrected chi connectivity index (χ4v) is 2.25. The molecule has 3 rings (SSSR count). The monoisotopic (exact) mass is 218 g/mol. The normalized spacial score (nSPS) is 27.1. The summed E-state index contributed by atoms with van der Waals surface area (Å²) in [6, 6.07) is 9.69. The molecule has 0 radical (unpaired) electrons. The minimum Gasteiger partial charge on any atom is -0.410 e. The molecule has 2 saturated heterocycles.